The van der Waals surface area contributed by atoms with Gasteiger partial charge in [0.15, 0.2) is 0 Å². The third kappa shape index (κ3) is 4.15. The van der Waals surface area contributed by atoms with Crippen LogP contribution in [0.4, 0.5) is 0 Å². The highest BCUT2D eigenvalue weighted by Crippen LogP contribution is 2.21. The van der Waals surface area contributed by atoms with Crippen molar-refractivity contribution in [3.8, 4) is 0 Å². The highest BCUT2D eigenvalue weighted by molar-refractivity contribution is 5.85. The zero-order chi connectivity index (χ0) is 13.0. The molecule has 0 aliphatic carbocycles. The van der Waals surface area contributed by atoms with E-state index in [9.17, 15) is 14.4 Å². The van der Waals surface area contributed by atoms with Gasteiger partial charge in [-0.25, -0.2) is 0 Å². The van der Waals surface area contributed by atoms with E-state index in [2.05, 4.69) is 15.4 Å². The SMILES string of the molecule is COC(=O)[C@@H]1C[C@H](C(=O)O)NC1CNC(C)=O.Cl. The number of methoxy groups -OCH3 is 1. The van der Waals surface area contributed by atoms with Gasteiger partial charge in [0.1, 0.15) is 6.04 Å². The fraction of sp³-hybridized carbons (Fsp3) is 0.700. The maximum Gasteiger partial charge on any atom is 0.320 e. The Morgan fingerprint density at radius 3 is 2.50 bits per heavy atom. The molecule has 1 saturated heterocycles. The molecule has 0 aromatic carbocycles. The van der Waals surface area contributed by atoms with E-state index in [1.807, 2.05) is 0 Å². The number of carbonyl (C=O) groups is 3. The van der Waals surface area contributed by atoms with Crippen LogP contribution in [0, 0.1) is 5.92 Å². The number of hydrogen-bond acceptors (Lipinski definition) is 5. The van der Waals surface area contributed by atoms with Crippen molar-refractivity contribution in [1.29, 1.82) is 0 Å². The molecule has 8 heteroatoms. The van der Waals surface area contributed by atoms with Crippen LogP contribution in [0.2, 0.25) is 0 Å². The molecule has 0 aromatic heterocycles. The molecule has 0 spiro atoms. The number of aliphatic carboxylic acids is 1. The number of ether oxygens (including phenoxy) is 1. The van der Waals surface area contributed by atoms with Crippen molar-refractivity contribution >= 4 is 30.3 Å². The minimum absolute atomic E-state index is 0. The van der Waals surface area contributed by atoms with Crippen molar-refractivity contribution in [3.05, 3.63) is 0 Å². The number of carboxylic acids is 1. The Morgan fingerprint density at radius 1 is 1.44 bits per heavy atom. The van der Waals surface area contributed by atoms with Gasteiger partial charge in [-0.1, -0.05) is 0 Å². The number of carboxylic acid groups (broad SMARTS) is 1. The summed E-state index contributed by atoms with van der Waals surface area (Å²) >= 11 is 0. The fourth-order valence-corrected chi connectivity index (χ4v) is 1.90. The molecule has 7 nitrogen and oxygen atoms in total. The molecule has 0 bridgehead atoms. The first-order valence-electron chi connectivity index (χ1n) is 5.26. The van der Waals surface area contributed by atoms with Gasteiger partial charge in [0.05, 0.1) is 13.0 Å². The molecular weight excluding hydrogens is 264 g/mol. The Labute approximate surface area is 111 Å². The second kappa shape index (κ2) is 7.17. The molecule has 1 amide bonds. The first-order chi connectivity index (χ1) is 7.95. The van der Waals surface area contributed by atoms with Crippen LogP contribution < -0.4 is 10.6 Å². The van der Waals surface area contributed by atoms with E-state index in [0.717, 1.165) is 0 Å². The van der Waals surface area contributed by atoms with Gasteiger partial charge in [-0.2, -0.15) is 0 Å². The summed E-state index contributed by atoms with van der Waals surface area (Å²) in [5.41, 5.74) is 0. The lowest BCUT2D eigenvalue weighted by Crippen LogP contribution is -2.44. The van der Waals surface area contributed by atoms with Gasteiger partial charge >= 0.3 is 11.9 Å². The molecule has 3 atom stereocenters. The van der Waals surface area contributed by atoms with E-state index < -0.39 is 29.9 Å². The third-order valence-electron chi connectivity index (χ3n) is 2.76. The first-order valence-corrected chi connectivity index (χ1v) is 5.26. The normalized spacial score (nSPS) is 26.0. The van der Waals surface area contributed by atoms with Gasteiger partial charge in [-0.05, 0) is 6.42 Å². The number of nitrogens with one attached hydrogen (secondary N) is 2. The molecular formula is C10H17ClN2O5. The van der Waals surface area contributed by atoms with Crippen LogP contribution in [0.1, 0.15) is 13.3 Å². The molecule has 1 unspecified atom stereocenters. The first kappa shape index (κ1) is 16.7. The van der Waals surface area contributed by atoms with E-state index in [1.165, 1.54) is 14.0 Å². The monoisotopic (exact) mass is 280 g/mol. The van der Waals surface area contributed by atoms with Gasteiger partial charge < -0.3 is 15.2 Å². The molecule has 0 radical (unpaired) electrons. The summed E-state index contributed by atoms with van der Waals surface area (Å²) in [4.78, 5) is 33.1. The topological polar surface area (TPSA) is 105 Å². The van der Waals surface area contributed by atoms with Crippen molar-refractivity contribution in [2.45, 2.75) is 25.4 Å². The Balaban J connectivity index is 0.00000289. The summed E-state index contributed by atoms with van der Waals surface area (Å²) in [5, 5.41) is 14.2. The van der Waals surface area contributed by atoms with Crippen molar-refractivity contribution in [3.63, 3.8) is 0 Å². The summed E-state index contributed by atoms with van der Waals surface area (Å²) in [7, 11) is 1.26. The lowest BCUT2D eigenvalue weighted by atomic mass is 9.99. The number of hydrogen-bond donors (Lipinski definition) is 3. The highest BCUT2D eigenvalue weighted by atomic mass is 35.5. The molecule has 0 saturated carbocycles. The predicted octanol–water partition coefficient (Wildman–Crippen LogP) is -0.851. The zero-order valence-corrected chi connectivity index (χ0v) is 11.0. The van der Waals surface area contributed by atoms with E-state index in [-0.39, 0.29) is 31.3 Å². The van der Waals surface area contributed by atoms with Crippen molar-refractivity contribution < 1.29 is 24.2 Å². The maximum absolute atomic E-state index is 11.5. The van der Waals surface area contributed by atoms with Gasteiger partial charge in [-0.3, -0.25) is 19.7 Å². The summed E-state index contributed by atoms with van der Waals surface area (Å²) in [6.07, 6.45) is 0.173. The maximum atomic E-state index is 11.5. The fourth-order valence-electron chi connectivity index (χ4n) is 1.90. The standard InChI is InChI=1S/C10H16N2O5.ClH/c1-5(13)11-4-8-6(10(16)17-2)3-7(12-8)9(14)15;/h6-8,12H,3-4H2,1-2H3,(H,11,13)(H,14,15);1H/t6-,7-,8?;/m1./s1. The molecule has 1 aliphatic rings. The van der Waals surface area contributed by atoms with Gasteiger partial charge in [-0.15, -0.1) is 12.4 Å². The molecule has 3 N–H and O–H groups in total. The Kier molecular flexibility index (Phi) is 6.64. The van der Waals surface area contributed by atoms with Gasteiger partial charge in [0.25, 0.3) is 0 Å². The minimum Gasteiger partial charge on any atom is -0.480 e. The summed E-state index contributed by atoms with van der Waals surface area (Å²) in [6, 6.07) is -1.19. The minimum atomic E-state index is -1.01. The Hall–Kier alpha value is -1.34. The van der Waals surface area contributed by atoms with E-state index in [4.69, 9.17) is 5.11 Å². The lowest BCUT2D eigenvalue weighted by molar-refractivity contribution is -0.146. The highest BCUT2D eigenvalue weighted by Gasteiger charge is 2.41. The zero-order valence-electron chi connectivity index (χ0n) is 10.1. The molecule has 0 aromatic rings. The summed E-state index contributed by atoms with van der Waals surface area (Å²) in [6.45, 7) is 1.57. The largest absolute Gasteiger partial charge is 0.480 e. The predicted molar refractivity (Wildman–Crippen MR) is 64.4 cm³/mol. The molecule has 1 fully saturated rings. The number of halogens is 1. The summed E-state index contributed by atoms with van der Waals surface area (Å²) < 4.78 is 4.61. The van der Waals surface area contributed by atoms with Crippen LogP contribution in [0.25, 0.3) is 0 Å². The average Bonchev–Trinajstić information content (AvgIpc) is 2.69. The molecule has 18 heavy (non-hydrogen) atoms. The second-order valence-corrected chi connectivity index (χ2v) is 3.97. The number of esters is 1. The van der Waals surface area contributed by atoms with E-state index in [0.29, 0.717) is 0 Å². The van der Waals surface area contributed by atoms with Gasteiger partial charge in [0.2, 0.25) is 5.91 Å². The third-order valence-corrected chi connectivity index (χ3v) is 2.76. The number of carbonyl (C=O) groups excluding carboxylic acids is 2. The van der Waals surface area contributed by atoms with E-state index >= 15 is 0 Å². The summed E-state index contributed by atoms with van der Waals surface area (Å²) in [5.74, 6) is -2.25. The van der Waals surface area contributed by atoms with Crippen molar-refractivity contribution in [2.75, 3.05) is 13.7 Å². The Morgan fingerprint density at radius 2 is 2.06 bits per heavy atom. The van der Waals surface area contributed by atoms with Crippen LogP contribution >= 0.6 is 12.4 Å². The van der Waals surface area contributed by atoms with Crippen LogP contribution in [0.3, 0.4) is 0 Å². The van der Waals surface area contributed by atoms with Crippen molar-refractivity contribution in [1.82, 2.24) is 10.6 Å². The Bertz CT molecular complexity index is 336. The van der Waals surface area contributed by atoms with Crippen molar-refractivity contribution in [2.24, 2.45) is 5.92 Å². The van der Waals surface area contributed by atoms with Crippen LogP contribution in [-0.2, 0) is 19.1 Å². The van der Waals surface area contributed by atoms with E-state index in [1.54, 1.807) is 0 Å². The molecule has 1 rings (SSSR count). The molecule has 1 aliphatic heterocycles. The molecule has 1 heterocycles. The smallest absolute Gasteiger partial charge is 0.320 e. The lowest BCUT2D eigenvalue weighted by Gasteiger charge is -2.17. The van der Waals surface area contributed by atoms with Crippen LogP contribution in [-0.4, -0.2) is 48.7 Å². The molecule has 104 valence electrons. The average molecular weight is 281 g/mol. The number of rotatable bonds is 4. The van der Waals surface area contributed by atoms with Gasteiger partial charge in [0, 0.05) is 19.5 Å². The quantitative estimate of drug-likeness (QED) is 0.579. The number of amides is 1. The second-order valence-electron chi connectivity index (χ2n) is 3.97. The van der Waals surface area contributed by atoms with Crippen LogP contribution in [0.15, 0.2) is 0 Å². The van der Waals surface area contributed by atoms with Crippen LogP contribution in [0.5, 0.6) is 0 Å².